The zero-order valence-electron chi connectivity index (χ0n) is 11.8. The monoisotopic (exact) mass is 292 g/mol. The molecule has 114 valence electrons. The largest absolute Gasteiger partial charge is 0.480 e. The van der Waals surface area contributed by atoms with Crippen LogP contribution in [0.5, 0.6) is 0 Å². The number of nitrogens with zero attached hydrogens (tertiary/aromatic N) is 1. The summed E-state index contributed by atoms with van der Waals surface area (Å²) in [6.45, 7) is 1.63. The topological polar surface area (TPSA) is 78.9 Å². The summed E-state index contributed by atoms with van der Waals surface area (Å²) in [5.41, 5.74) is 0.573. The Labute approximate surface area is 123 Å². The van der Waals surface area contributed by atoms with Gasteiger partial charge in [-0.25, -0.2) is 4.79 Å². The lowest BCUT2D eigenvalue weighted by molar-refractivity contribution is -0.135. The van der Waals surface area contributed by atoms with Gasteiger partial charge < -0.3 is 15.2 Å². The number of benzene rings is 1. The van der Waals surface area contributed by atoms with Crippen molar-refractivity contribution in [2.45, 2.75) is 12.8 Å². The van der Waals surface area contributed by atoms with Crippen molar-refractivity contribution in [3.05, 3.63) is 30.3 Å². The van der Waals surface area contributed by atoms with E-state index in [1.807, 2.05) is 6.07 Å². The van der Waals surface area contributed by atoms with Crippen molar-refractivity contribution in [2.75, 3.05) is 31.2 Å². The molecule has 1 aromatic rings. The Morgan fingerprint density at radius 3 is 2.52 bits per heavy atom. The molecule has 0 saturated carbocycles. The van der Waals surface area contributed by atoms with Gasteiger partial charge in [-0.3, -0.25) is 9.69 Å². The first-order valence-corrected chi connectivity index (χ1v) is 7.07. The molecule has 1 aromatic carbocycles. The smallest absolute Gasteiger partial charge is 0.323 e. The highest BCUT2D eigenvalue weighted by molar-refractivity contribution is 5.96. The van der Waals surface area contributed by atoms with Crippen LogP contribution >= 0.6 is 0 Å². The summed E-state index contributed by atoms with van der Waals surface area (Å²) in [6, 6.07) is 8.43. The Hall–Kier alpha value is -2.08. The molecule has 6 nitrogen and oxygen atoms in total. The molecule has 2 amide bonds. The zero-order chi connectivity index (χ0) is 15.1. The number of ether oxygens (including phenoxy) is 1. The van der Waals surface area contributed by atoms with Crippen LogP contribution in [0.4, 0.5) is 10.5 Å². The Morgan fingerprint density at radius 1 is 1.24 bits per heavy atom. The van der Waals surface area contributed by atoms with Gasteiger partial charge in [0.05, 0.1) is 0 Å². The molecule has 1 aliphatic rings. The molecule has 0 aromatic heterocycles. The lowest BCUT2D eigenvalue weighted by Crippen LogP contribution is -2.45. The van der Waals surface area contributed by atoms with Crippen LogP contribution in [-0.4, -0.2) is 43.4 Å². The molecular weight excluding hydrogens is 272 g/mol. The predicted octanol–water partition coefficient (Wildman–Crippen LogP) is 1.71. The molecule has 2 N–H and O–H groups in total. The van der Waals surface area contributed by atoms with Crippen molar-refractivity contribution in [1.29, 1.82) is 0 Å². The number of carboxylic acid groups (broad SMARTS) is 1. The Morgan fingerprint density at radius 2 is 1.90 bits per heavy atom. The molecule has 2 rings (SSSR count). The standard InChI is InChI=1S/C15H20N2O4/c18-14(19)11-17(13-4-2-1-3-5-13)15(20)16-10-12-6-8-21-9-7-12/h1-5,12H,6-11H2,(H,16,20)(H,18,19). The minimum atomic E-state index is -1.04. The van der Waals surface area contributed by atoms with Crippen molar-refractivity contribution in [2.24, 2.45) is 5.92 Å². The van der Waals surface area contributed by atoms with E-state index in [1.165, 1.54) is 4.90 Å². The van der Waals surface area contributed by atoms with E-state index in [4.69, 9.17) is 9.84 Å². The summed E-state index contributed by atoms with van der Waals surface area (Å²) in [4.78, 5) is 24.4. The molecule has 0 aliphatic carbocycles. The van der Waals surface area contributed by atoms with Crippen LogP contribution in [0.25, 0.3) is 0 Å². The van der Waals surface area contributed by atoms with Gasteiger partial charge in [0.2, 0.25) is 0 Å². The quantitative estimate of drug-likeness (QED) is 0.866. The molecule has 0 unspecified atom stereocenters. The summed E-state index contributed by atoms with van der Waals surface area (Å²) in [7, 11) is 0. The number of hydrogen-bond acceptors (Lipinski definition) is 3. The van der Waals surface area contributed by atoms with Crippen LogP contribution in [0.15, 0.2) is 30.3 Å². The number of urea groups is 1. The fourth-order valence-electron chi connectivity index (χ4n) is 2.30. The van der Waals surface area contributed by atoms with Crippen molar-refractivity contribution >= 4 is 17.7 Å². The normalized spacial score (nSPS) is 15.4. The number of aliphatic carboxylic acids is 1. The number of carbonyl (C=O) groups is 2. The fraction of sp³-hybridized carbons (Fsp3) is 0.467. The minimum absolute atomic E-state index is 0.358. The third-order valence-electron chi connectivity index (χ3n) is 3.49. The maximum atomic E-state index is 12.2. The summed E-state index contributed by atoms with van der Waals surface area (Å²) >= 11 is 0. The highest BCUT2D eigenvalue weighted by atomic mass is 16.5. The summed E-state index contributed by atoms with van der Waals surface area (Å²) in [5, 5.41) is 11.8. The average molecular weight is 292 g/mol. The highest BCUT2D eigenvalue weighted by Gasteiger charge is 2.20. The van der Waals surface area contributed by atoms with Gasteiger partial charge in [0.25, 0.3) is 0 Å². The molecule has 0 radical (unpaired) electrons. The second-order valence-electron chi connectivity index (χ2n) is 5.06. The van der Waals surface area contributed by atoms with Gasteiger partial charge in [-0.15, -0.1) is 0 Å². The van der Waals surface area contributed by atoms with Gasteiger partial charge in [0.15, 0.2) is 0 Å². The Bertz CT molecular complexity index is 472. The van der Waals surface area contributed by atoms with Gasteiger partial charge in [-0.05, 0) is 30.9 Å². The summed E-state index contributed by atoms with van der Waals surface area (Å²) < 4.78 is 5.28. The van der Waals surface area contributed by atoms with Crippen LogP contribution in [0, 0.1) is 5.92 Å². The van der Waals surface area contributed by atoms with E-state index in [-0.39, 0.29) is 12.6 Å². The summed E-state index contributed by atoms with van der Waals surface area (Å²) in [6.07, 6.45) is 1.84. The number of rotatable bonds is 5. The zero-order valence-corrected chi connectivity index (χ0v) is 11.8. The lowest BCUT2D eigenvalue weighted by atomic mass is 10.0. The third-order valence-corrected chi connectivity index (χ3v) is 3.49. The molecule has 1 aliphatic heterocycles. The molecule has 1 heterocycles. The first kappa shape index (κ1) is 15.3. The number of amides is 2. The lowest BCUT2D eigenvalue weighted by Gasteiger charge is -2.25. The van der Waals surface area contributed by atoms with Gasteiger partial charge in [-0.2, -0.15) is 0 Å². The number of nitrogens with one attached hydrogen (secondary N) is 1. The van der Waals surface area contributed by atoms with E-state index in [0.29, 0.717) is 18.2 Å². The maximum Gasteiger partial charge on any atom is 0.323 e. The first-order chi connectivity index (χ1) is 10.2. The van der Waals surface area contributed by atoms with Crippen molar-refractivity contribution in [3.8, 4) is 0 Å². The van der Waals surface area contributed by atoms with Crippen molar-refractivity contribution in [3.63, 3.8) is 0 Å². The Balaban J connectivity index is 1.95. The van der Waals surface area contributed by atoms with Crippen LogP contribution in [0.2, 0.25) is 0 Å². The van der Waals surface area contributed by atoms with Crippen LogP contribution < -0.4 is 10.2 Å². The highest BCUT2D eigenvalue weighted by Crippen LogP contribution is 2.15. The second-order valence-corrected chi connectivity index (χ2v) is 5.06. The molecule has 0 spiro atoms. The van der Waals surface area contributed by atoms with E-state index in [9.17, 15) is 9.59 Å². The van der Waals surface area contributed by atoms with Crippen molar-refractivity contribution in [1.82, 2.24) is 5.32 Å². The van der Waals surface area contributed by atoms with Gasteiger partial charge in [0.1, 0.15) is 6.54 Å². The second kappa shape index (κ2) is 7.64. The molecular formula is C15H20N2O4. The van der Waals surface area contributed by atoms with E-state index in [1.54, 1.807) is 24.3 Å². The summed E-state index contributed by atoms with van der Waals surface area (Å²) in [5.74, 6) is -0.648. The molecule has 21 heavy (non-hydrogen) atoms. The van der Waals surface area contributed by atoms with E-state index in [2.05, 4.69) is 5.32 Å². The van der Waals surface area contributed by atoms with E-state index < -0.39 is 5.97 Å². The average Bonchev–Trinajstić information content (AvgIpc) is 2.52. The maximum absolute atomic E-state index is 12.2. The number of hydrogen-bond donors (Lipinski definition) is 2. The molecule has 0 atom stereocenters. The van der Waals surface area contributed by atoms with E-state index in [0.717, 1.165) is 26.1 Å². The molecule has 0 bridgehead atoms. The van der Waals surface area contributed by atoms with Gasteiger partial charge in [0, 0.05) is 25.4 Å². The third kappa shape index (κ3) is 4.75. The van der Waals surface area contributed by atoms with Crippen LogP contribution in [-0.2, 0) is 9.53 Å². The van der Waals surface area contributed by atoms with Gasteiger partial charge in [-0.1, -0.05) is 18.2 Å². The first-order valence-electron chi connectivity index (χ1n) is 7.07. The fourth-order valence-corrected chi connectivity index (χ4v) is 2.30. The van der Waals surface area contributed by atoms with E-state index >= 15 is 0 Å². The molecule has 6 heteroatoms. The minimum Gasteiger partial charge on any atom is -0.480 e. The SMILES string of the molecule is O=C(O)CN(C(=O)NCC1CCOCC1)c1ccccc1. The number of carbonyl (C=O) groups excluding carboxylic acids is 1. The number of anilines is 1. The predicted molar refractivity (Wildman–Crippen MR) is 78.4 cm³/mol. The Kier molecular flexibility index (Phi) is 5.57. The van der Waals surface area contributed by atoms with Crippen LogP contribution in [0.1, 0.15) is 12.8 Å². The molecule has 1 fully saturated rings. The molecule has 1 saturated heterocycles. The number of carboxylic acids is 1. The van der Waals surface area contributed by atoms with Crippen LogP contribution in [0.3, 0.4) is 0 Å². The number of para-hydroxylation sites is 1. The van der Waals surface area contributed by atoms with Gasteiger partial charge >= 0.3 is 12.0 Å². The van der Waals surface area contributed by atoms with Crippen molar-refractivity contribution < 1.29 is 19.4 Å².